The highest BCUT2D eigenvalue weighted by Crippen LogP contribution is 2.32. The van der Waals surface area contributed by atoms with Gasteiger partial charge in [0, 0.05) is 43.2 Å². The Labute approximate surface area is 260 Å². The van der Waals surface area contributed by atoms with Crippen LogP contribution in [0.1, 0.15) is 87.2 Å². The minimum Gasteiger partial charge on any atom is -0.493 e. The van der Waals surface area contributed by atoms with Crippen LogP contribution in [0.25, 0.3) is 16.5 Å². The van der Waals surface area contributed by atoms with Gasteiger partial charge in [0.15, 0.2) is 0 Å². The number of benzene rings is 1. The van der Waals surface area contributed by atoms with Crippen molar-refractivity contribution in [3.05, 3.63) is 53.7 Å². The third-order valence-corrected chi connectivity index (χ3v) is 8.13. The SMILES string of the molecule is CNC1C#CC(c2cc(Nc3cnc4c(C)ccc(OCCCCCCC=O)c4c3)nc(C3CCCCCOCC3)n2)=CN1. The maximum absolute atomic E-state index is 10.5. The van der Waals surface area contributed by atoms with Gasteiger partial charge < -0.3 is 24.9 Å². The highest BCUT2D eigenvalue weighted by molar-refractivity contribution is 5.90. The predicted molar refractivity (Wildman–Crippen MR) is 175 cm³/mol. The Morgan fingerprint density at radius 1 is 1.09 bits per heavy atom. The molecule has 44 heavy (non-hydrogen) atoms. The summed E-state index contributed by atoms with van der Waals surface area (Å²) in [4.78, 5) is 25.4. The van der Waals surface area contributed by atoms with Gasteiger partial charge in [0.05, 0.1) is 35.3 Å². The summed E-state index contributed by atoms with van der Waals surface area (Å²) in [6.45, 7) is 4.22. The normalized spacial score (nSPS) is 18.5. The Kier molecular flexibility index (Phi) is 11.6. The van der Waals surface area contributed by atoms with Gasteiger partial charge in [-0.3, -0.25) is 10.3 Å². The number of nitrogens with zero attached hydrogens (tertiary/aromatic N) is 3. The van der Waals surface area contributed by atoms with Crippen LogP contribution in [-0.2, 0) is 9.53 Å². The molecule has 0 radical (unpaired) electrons. The van der Waals surface area contributed by atoms with Crippen molar-refractivity contribution < 1.29 is 14.3 Å². The Morgan fingerprint density at radius 3 is 2.84 bits per heavy atom. The lowest BCUT2D eigenvalue weighted by Crippen LogP contribution is -2.37. The molecule has 2 atom stereocenters. The molecule has 1 fully saturated rings. The van der Waals surface area contributed by atoms with Crippen LogP contribution in [0.15, 0.2) is 36.7 Å². The maximum atomic E-state index is 10.5. The topological polar surface area (TPSA) is 110 Å². The van der Waals surface area contributed by atoms with Crippen LogP contribution < -0.4 is 20.7 Å². The molecule has 0 spiro atoms. The molecule has 9 nitrogen and oxygen atoms in total. The third kappa shape index (κ3) is 8.55. The van der Waals surface area contributed by atoms with E-state index in [-0.39, 0.29) is 12.1 Å². The average Bonchev–Trinajstić information content (AvgIpc) is 3.19. The number of aryl methyl sites for hydroxylation is 1. The quantitative estimate of drug-likeness (QED) is 0.121. The van der Waals surface area contributed by atoms with Crippen molar-refractivity contribution in [1.82, 2.24) is 25.6 Å². The number of unbranched alkanes of at least 4 members (excludes halogenated alkanes) is 4. The van der Waals surface area contributed by atoms with E-state index in [1.807, 2.05) is 31.6 Å². The van der Waals surface area contributed by atoms with Crippen molar-refractivity contribution in [2.75, 3.05) is 32.2 Å². The Balaban J connectivity index is 1.40. The van der Waals surface area contributed by atoms with Crippen LogP contribution in [0.3, 0.4) is 0 Å². The van der Waals surface area contributed by atoms with E-state index < -0.39 is 0 Å². The van der Waals surface area contributed by atoms with Gasteiger partial charge in [0.25, 0.3) is 0 Å². The summed E-state index contributed by atoms with van der Waals surface area (Å²) >= 11 is 0. The van der Waals surface area contributed by atoms with E-state index in [2.05, 4.69) is 46.8 Å². The number of aldehydes is 1. The van der Waals surface area contributed by atoms with E-state index in [0.717, 1.165) is 116 Å². The zero-order chi connectivity index (χ0) is 30.6. The van der Waals surface area contributed by atoms with Crippen molar-refractivity contribution in [3.63, 3.8) is 0 Å². The summed E-state index contributed by atoms with van der Waals surface area (Å²) in [6.07, 6.45) is 14.6. The van der Waals surface area contributed by atoms with Crippen LogP contribution in [0.4, 0.5) is 11.5 Å². The van der Waals surface area contributed by atoms with Crippen molar-refractivity contribution in [1.29, 1.82) is 0 Å². The summed E-state index contributed by atoms with van der Waals surface area (Å²) < 4.78 is 12.1. The average molecular weight is 597 g/mol. The van der Waals surface area contributed by atoms with E-state index in [9.17, 15) is 4.79 Å². The molecule has 1 aromatic carbocycles. The smallest absolute Gasteiger partial charge is 0.141 e. The van der Waals surface area contributed by atoms with Crippen LogP contribution in [0.5, 0.6) is 5.75 Å². The highest BCUT2D eigenvalue weighted by Gasteiger charge is 2.20. The minimum absolute atomic E-state index is 0.0878. The molecule has 232 valence electrons. The second-order valence-electron chi connectivity index (χ2n) is 11.5. The standard InChI is InChI=1S/C35H44N6O3/c1-25-12-14-31(44-19-10-5-3-4-8-17-42)29-21-28(24-38-34(25)29)39-33-22-30(27-13-15-32(36-2)37-23-27)40-35(41-33)26-11-7-6-9-18-43-20-16-26/h12,14,17,21-24,26,32,36-37H,3-11,16,18-20H2,1-2H3,(H,39,40,41). The van der Waals surface area contributed by atoms with Gasteiger partial charge in [-0.1, -0.05) is 43.6 Å². The first-order valence-electron chi connectivity index (χ1n) is 16.0. The fourth-order valence-corrected chi connectivity index (χ4v) is 5.58. The Hall–Kier alpha value is -4.00. The number of hydrogen-bond donors (Lipinski definition) is 3. The van der Waals surface area contributed by atoms with E-state index in [1.54, 1.807) is 0 Å². The molecule has 0 saturated carbocycles. The lowest BCUT2D eigenvalue weighted by atomic mass is 9.97. The molecule has 5 rings (SSSR count). The number of carbonyl (C=O) groups excluding carboxylic acids is 1. The molecule has 2 aromatic heterocycles. The number of ether oxygens (including phenoxy) is 2. The first-order chi connectivity index (χ1) is 21.6. The van der Waals surface area contributed by atoms with Gasteiger partial charge in [-0.05, 0) is 63.8 Å². The largest absolute Gasteiger partial charge is 0.493 e. The third-order valence-electron chi connectivity index (χ3n) is 8.13. The summed E-state index contributed by atoms with van der Waals surface area (Å²) in [6, 6.07) is 8.12. The summed E-state index contributed by atoms with van der Waals surface area (Å²) in [5.41, 5.74) is 4.46. The van der Waals surface area contributed by atoms with Crippen LogP contribution in [0, 0.1) is 18.8 Å². The number of anilines is 2. The zero-order valence-corrected chi connectivity index (χ0v) is 26.0. The lowest BCUT2D eigenvalue weighted by Gasteiger charge is -2.19. The molecule has 2 aliphatic heterocycles. The Morgan fingerprint density at radius 2 is 2.00 bits per heavy atom. The molecule has 9 heteroatoms. The molecule has 1 saturated heterocycles. The van der Waals surface area contributed by atoms with Crippen molar-refractivity contribution in [2.24, 2.45) is 0 Å². The van der Waals surface area contributed by atoms with E-state index in [1.165, 1.54) is 0 Å². The van der Waals surface area contributed by atoms with Gasteiger partial charge in [0.2, 0.25) is 0 Å². The van der Waals surface area contributed by atoms with E-state index in [0.29, 0.717) is 25.5 Å². The Bertz CT molecular complexity index is 1500. The second kappa shape index (κ2) is 16.2. The summed E-state index contributed by atoms with van der Waals surface area (Å²) in [5, 5.41) is 10.9. The number of hydrogen-bond acceptors (Lipinski definition) is 9. The number of aromatic nitrogens is 3. The molecule has 0 amide bonds. The van der Waals surface area contributed by atoms with Crippen molar-refractivity contribution in [3.8, 4) is 17.6 Å². The number of carbonyl (C=O) groups is 1. The summed E-state index contributed by atoms with van der Waals surface area (Å²) in [5.74, 6) is 9.01. The first kappa shape index (κ1) is 31.4. The molecule has 0 aliphatic carbocycles. The summed E-state index contributed by atoms with van der Waals surface area (Å²) in [7, 11) is 1.88. The molecular formula is C35H44N6O3. The second-order valence-corrected chi connectivity index (χ2v) is 11.5. The van der Waals surface area contributed by atoms with Gasteiger partial charge >= 0.3 is 0 Å². The van der Waals surface area contributed by atoms with Crippen LogP contribution >= 0.6 is 0 Å². The van der Waals surface area contributed by atoms with Gasteiger partial charge in [-0.2, -0.15) is 0 Å². The maximum Gasteiger partial charge on any atom is 0.141 e. The fraction of sp³-hybridized carbons (Fsp3) is 0.486. The number of pyridine rings is 1. The van der Waals surface area contributed by atoms with Gasteiger partial charge in [-0.25, -0.2) is 9.97 Å². The molecule has 3 aromatic rings. The number of allylic oxidation sites excluding steroid dienone is 1. The monoisotopic (exact) mass is 596 g/mol. The molecule has 2 unspecified atom stereocenters. The number of nitrogens with one attached hydrogen (secondary N) is 3. The lowest BCUT2D eigenvalue weighted by molar-refractivity contribution is -0.107. The first-order valence-corrected chi connectivity index (χ1v) is 16.0. The molecule has 2 aliphatic rings. The molecular weight excluding hydrogens is 552 g/mol. The van der Waals surface area contributed by atoms with Gasteiger partial charge in [-0.15, -0.1) is 0 Å². The van der Waals surface area contributed by atoms with Crippen molar-refractivity contribution in [2.45, 2.75) is 83.2 Å². The van der Waals surface area contributed by atoms with Crippen molar-refractivity contribution >= 4 is 34.3 Å². The van der Waals surface area contributed by atoms with Crippen LogP contribution in [0.2, 0.25) is 0 Å². The molecule has 0 bridgehead atoms. The van der Waals surface area contributed by atoms with E-state index in [4.69, 9.17) is 24.4 Å². The molecule has 4 heterocycles. The fourth-order valence-electron chi connectivity index (χ4n) is 5.58. The van der Waals surface area contributed by atoms with Crippen LogP contribution in [-0.4, -0.2) is 54.3 Å². The zero-order valence-electron chi connectivity index (χ0n) is 26.0. The number of rotatable bonds is 13. The minimum atomic E-state index is -0.0878. The predicted octanol–water partition coefficient (Wildman–Crippen LogP) is 6.16. The van der Waals surface area contributed by atoms with Gasteiger partial charge in [0.1, 0.15) is 29.8 Å². The molecule has 3 N–H and O–H groups in total. The highest BCUT2D eigenvalue weighted by atomic mass is 16.5. The number of fused-ring (bicyclic) bond motifs is 1. The van der Waals surface area contributed by atoms with E-state index >= 15 is 0 Å².